The molecule has 0 bridgehead atoms. The molecule has 1 N–H and O–H groups in total. The van der Waals surface area contributed by atoms with Gasteiger partial charge in [0.1, 0.15) is 11.4 Å². The lowest BCUT2D eigenvalue weighted by atomic mass is 10.0. The third-order valence-corrected chi connectivity index (χ3v) is 5.82. The minimum absolute atomic E-state index is 0.194. The zero-order chi connectivity index (χ0) is 23.4. The van der Waals surface area contributed by atoms with Crippen LogP contribution >= 0.6 is 11.6 Å². The number of hydrogen-bond donors (Lipinski definition) is 1. The van der Waals surface area contributed by atoms with E-state index in [4.69, 9.17) is 16.3 Å². The first kappa shape index (κ1) is 22.6. The Balaban J connectivity index is 1.71. The molecule has 4 rings (SSSR count). The number of nitrogens with one attached hydrogen (secondary N) is 1. The lowest BCUT2D eigenvalue weighted by Gasteiger charge is -2.15. The number of amides is 2. The molecule has 1 heterocycles. The second kappa shape index (κ2) is 9.92. The van der Waals surface area contributed by atoms with Crippen LogP contribution in [-0.2, 0) is 16.1 Å². The van der Waals surface area contributed by atoms with Crippen LogP contribution in [0.3, 0.4) is 0 Å². The van der Waals surface area contributed by atoms with E-state index < -0.39 is 0 Å². The van der Waals surface area contributed by atoms with Crippen LogP contribution in [0.5, 0.6) is 5.75 Å². The van der Waals surface area contributed by atoms with Crippen molar-refractivity contribution in [3.63, 3.8) is 0 Å². The number of imide groups is 1. The number of nitrogens with zero attached hydrogens (tertiary/aromatic N) is 1. The minimum Gasteiger partial charge on any atom is -0.494 e. The van der Waals surface area contributed by atoms with Gasteiger partial charge in [0.2, 0.25) is 0 Å². The Morgan fingerprint density at radius 2 is 1.67 bits per heavy atom. The maximum absolute atomic E-state index is 13.4. The SMILES string of the molecule is CCCOc1ccc(C2=C(Nc3ccc(C)c(Cl)c3)C(=O)N(Cc3ccccc3)C2=O)cc1. The molecule has 1 aliphatic rings. The number of carbonyl (C=O) groups is 2. The molecule has 0 unspecified atom stereocenters. The first-order valence-corrected chi connectivity index (χ1v) is 11.3. The van der Waals surface area contributed by atoms with E-state index in [-0.39, 0.29) is 24.1 Å². The average Bonchev–Trinajstić information content (AvgIpc) is 3.05. The minimum atomic E-state index is -0.373. The van der Waals surface area contributed by atoms with Gasteiger partial charge in [0.05, 0.1) is 18.7 Å². The van der Waals surface area contributed by atoms with Crippen LogP contribution in [0.4, 0.5) is 5.69 Å². The fourth-order valence-corrected chi connectivity index (χ4v) is 3.80. The molecule has 168 valence electrons. The van der Waals surface area contributed by atoms with E-state index in [9.17, 15) is 9.59 Å². The summed E-state index contributed by atoms with van der Waals surface area (Å²) in [7, 11) is 0. The van der Waals surface area contributed by atoms with Crippen molar-refractivity contribution in [3.05, 3.63) is 100 Å². The van der Waals surface area contributed by atoms with Crippen LogP contribution in [0, 0.1) is 6.92 Å². The first-order chi connectivity index (χ1) is 16.0. The summed E-state index contributed by atoms with van der Waals surface area (Å²) >= 11 is 6.28. The fourth-order valence-electron chi connectivity index (χ4n) is 3.62. The van der Waals surface area contributed by atoms with E-state index in [0.717, 1.165) is 23.3 Å². The lowest BCUT2D eigenvalue weighted by molar-refractivity contribution is -0.137. The number of halogens is 1. The summed E-state index contributed by atoms with van der Waals surface area (Å²) in [5.74, 6) is 0.00703. The molecule has 0 aromatic heterocycles. The molecule has 33 heavy (non-hydrogen) atoms. The number of carbonyl (C=O) groups excluding carboxylic acids is 2. The molecule has 0 saturated heterocycles. The van der Waals surface area contributed by atoms with Gasteiger partial charge in [-0.05, 0) is 54.3 Å². The number of rotatable bonds is 8. The molecule has 3 aromatic carbocycles. The standard InChI is InChI=1S/C27H25ClN2O3/c1-3-15-33-22-13-10-20(11-14-22)24-25(29-21-12-9-18(2)23(28)16-21)27(32)30(26(24)31)17-19-7-5-4-6-8-19/h4-14,16,29H,3,15,17H2,1-2H3. The third kappa shape index (κ3) is 4.94. The van der Waals surface area contributed by atoms with Gasteiger partial charge in [-0.15, -0.1) is 0 Å². The smallest absolute Gasteiger partial charge is 0.278 e. The summed E-state index contributed by atoms with van der Waals surface area (Å²) in [5.41, 5.74) is 3.66. The first-order valence-electron chi connectivity index (χ1n) is 10.9. The number of hydrogen-bond acceptors (Lipinski definition) is 4. The van der Waals surface area contributed by atoms with Gasteiger partial charge < -0.3 is 10.1 Å². The highest BCUT2D eigenvalue weighted by atomic mass is 35.5. The highest BCUT2D eigenvalue weighted by molar-refractivity contribution is 6.36. The van der Waals surface area contributed by atoms with E-state index in [1.54, 1.807) is 18.2 Å². The maximum Gasteiger partial charge on any atom is 0.278 e. The fraction of sp³-hybridized carbons (Fsp3) is 0.185. The van der Waals surface area contributed by atoms with Crippen molar-refractivity contribution in [2.75, 3.05) is 11.9 Å². The Morgan fingerprint density at radius 1 is 0.939 bits per heavy atom. The summed E-state index contributed by atoms with van der Waals surface area (Å²) in [6, 6.07) is 22.2. The summed E-state index contributed by atoms with van der Waals surface area (Å²) in [6.45, 7) is 4.76. The Kier molecular flexibility index (Phi) is 6.80. The highest BCUT2D eigenvalue weighted by Gasteiger charge is 2.39. The molecular weight excluding hydrogens is 436 g/mol. The van der Waals surface area contributed by atoms with Crippen molar-refractivity contribution in [1.29, 1.82) is 0 Å². The molecule has 0 saturated carbocycles. The quantitative estimate of drug-likeness (QED) is 0.430. The zero-order valence-electron chi connectivity index (χ0n) is 18.6. The lowest BCUT2D eigenvalue weighted by Crippen LogP contribution is -2.31. The molecule has 1 aliphatic heterocycles. The van der Waals surface area contributed by atoms with Crippen LogP contribution in [0.1, 0.15) is 30.0 Å². The average molecular weight is 461 g/mol. The molecular formula is C27H25ClN2O3. The third-order valence-electron chi connectivity index (χ3n) is 5.41. The van der Waals surface area contributed by atoms with E-state index in [1.807, 2.05) is 68.4 Å². The predicted molar refractivity (Wildman–Crippen MR) is 131 cm³/mol. The monoisotopic (exact) mass is 460 g/mol. The Morgan fingerprint density at radius 3 is 2.33 bits per heavy atom. The van der Waals surface area contributed by atoms with Crippen molar-refractivity contribution < 1.29 is 14.3 Å². The van der Waals surface area contributed by atoms with Crippen molar-refractivity contribution in [2.45, 2.75) is 26.8 Å². The molecule has 3 aromatic rings. The van der Waals surface area contributed by atoms with Gasteiger partial charge in [-0.1, -0.05) is 67.1 Å². The number of ether oxygens (including phenoxy) is 1. The van der Waals surface area contributed by atoms with Gasteiger partial charge in [-0.3, -0.25) is 14.5 Å². The van der Waals surface area contributed by atoms with Gasteiger partial charge in [-0.2, -0.15) is 0 Å². The van der Waals surface area contributed by atoms with Gasteiger partial charge in [-0.25, -0.2) is 0 Å². The topological polar surface area (TPSA) is 58.6 Å². The van der Waals surface area contributed by atoms with Crippen molar-refractivity contribution in [2.24, 2.45) is 0 Å². The number of anilines is 1. The van der Waals surface area contributed by atoms with E-state index >= 15 is 0 Å². The van der Waals surface area contributed by atoms with Crippen LogP contribution in [0.15, 0.2) is 78.5 Å². The van der Waals surface area contributed by atoms with Gasteiger partial charge >= 0.3 is 0 Å². The van der Waals surface area contributed by atoms with Crippen molar-refractivity contribution in [1.82, 2.24) is 4.90 Å². The summed E-state index contributed by atoms with van der Waals surface area (Å²) in [5, 5.41) is 3.74. The molecule has 5 nitrogen and oxygen atoms in total. The van der Waals surface area contributed by atoms with Gasteiger partial charge in [0.25, 0.3) is 11.8 Å². The zero-order valence-corrected chi connectivity index (χ0v) is 19.4. The van der Waals surface area contributed by atoms with E-state index in [2.05, 4.69) is 5.32 Å². The summed E-state index contributed by atoms with van der Waals surface area (Å²) in [6.07, 6.45) is 0.904. The molecule has 0 spiro atoms. The number of aryl methyl sites for hydroxylation is 1. The van der Waals surface area contributed by atoms with Gasteiger partial charge in [0, 0.05) is 10.7 Å². The summed E-state index contributed by atoms with van der Waals surface area (Å²) < 4.78 is 5.66. The maximum atomic E-state index is 13.4. The molecule has 0 atom stereocenters. The largest absolute Gasteiger partial charge is 0.494 e. The van der Waals surface area contributed by atoms with E-state index in [1.165, 1.54) is 4.90 Å². The molecule has 0 radical (unpaired) electrons. The Labute approximate surface area is 198 Å². The number of benzene rings is 3. The van der Waals surface area contributed by atoms with Crippen molar-refractivity contribution in [3.8, 4) is 5.75 Å². The normalized spacial score (nSPS) is 13.6. The van der Waals surface area contributed by atoms with Crippen LogP contribution in [0.25, 0.3) is 5.57 Å². The predicted octanol–water partition coefficient (Wildman–Crippen LogP) is 5.83. The van der Waals surface area contributed by atoms with Crippen LogP contribution in [-0.4, -0.2) is 23.3 Å². The second-order valence-corrected chi connectivity index (χ2v) is 8.30. The highest BCUT2D eigenvalue weighted by Crippen LogP contribution is 2.33. The van der Waals surface area contributed by atoms with E-state index in [0.29, 0.717) is 28.5 Å². The Bertz CT molecular complexity index is 1200. The molecule has 6 heteroatoms. The van der Waals surface area contributed by atoms with Crippen molar-refractivity contribution >= 4 is 34.7 Å². The van der Waals surface area contributed by atoms with Crippen LogP contribution < -0.4 is 10.1 Å². The second-order valence-electron chi connectivity index (χ2n) is 7.89. The molecule has 2 amide bonds. The summed E-state index contributed by atoms with van der Waals surface area (Å²) in [4.78, 5) is 28.1. The molecule has 0 fully saturated rings. The Hall–Kier alpha value is -3.57. The molecule has 0 aliphatic carbocycles. The van der Waals surface area contributed by atoms with Crippen LogP contribution in [0.2, 0.25) is 5.02 Å². The van der Waals surface area contributed by atoms with Gasteiger partial charge in [0.15, 0.2) is 0 Å².